The highest BCUT2D eigenvalue weighted by molar-refractivity contribution is 14.1. The zero-order valence-corrected chi connectivity index (χ0v) is 10.1. The van der Waals surface area contributed by atoms with Crippen LogP contribution < -0.4 is 0 Å². The molecule has 0 aliphatic carbocycles. The van der Waals surface area contributed by atoms with E-state index in [2.05, 4.69) is 32.4 Å². The van der Waals surface area contributed by atoms with Crippen molar-refractivity contribution in [2.75, 3.05) is 50.4 Å². The summed E-state index contributed by atoms with van der Waals surface area (Å²) in [5.41, 5.74) is 0. The van der Waals surface area contributed by atoms with E-state index in [0.29, 0.717) is 0 Å². The van der Waals surface area contributed by atoms with E-state index in [-0.39, 0.29) is 0 Å². The molecule has 2 heterocycles. The van der Waals surface area contributed by atoms with Crippen LogP contribution in [0.25, 0.3) is 0 Å². The highest BCUT2D eigenvalue weighted by Crippen LogP contribution is 2.13. The summed E-state index contributed by atoms with van der Waals surface area (Å²) in [7, 11) is 0. The van der Waals surface area contributed by atoms with E-state index in [1.807, 2.05) is 0 Å². The topological polar surface area (TPSA) is 15.7 Å². The predicted molar refractivity (Wildman–Crippen MR) is 61.5 cm³/mol. The molecule has 2 aliphatic rings. The SMILES string of the molecule is ICCN1CCN(C2COC2)CC1. The summed E-state index contributed by atoms with van der Waals surface area (Å²) in [5.74, 6) is 0. The van der Waals surface area contributed by atoms with E-state index in [1.54, 1.807) is 0 Å². The molecule has 13 heavy (non-hydrogen) atoms. The molecule has 0 spiro atoms. The lowest BCUT2D eigenvalue weighted by atomic mass is 10.2. The summed E-state index contributed by atoms with van der Waals surface area (Å²) in [4.78, 5) is 5.13. The van der Waals surface area contributed by atoms with Gasteiger partial charge in [-0.2, -0.15) is 0 Å². The quantitative estimate of drug-likeness (QED) is 0.555. The van der Waals surface area contributed by atoms with Gasteiger partial charge < -0.3 is 9.64 Å². The molecule has 0 radical (unpaired) electrons. The lowest BCUT2D eigenvalue weighted by molar-refractivity contribution is -0.0763. The van der Waals surface area contributed by atoms with Gasteiger partial charge in [-0.15, -0.1) is 0 Å². The molecule has 0 aromatic rings. The summed E-state index contributed by atoms with van der Waals surface area (Å²) in [6.07, 6.45) is 0. The largest absolute Gasteiger partial charge is 0.378 e. The average molecular weight is 296 g/mol. The van der Waals surface area contributed by atoms with Crippen LogP contribution in [-0.4, -0.2) is 66.2 Å². The van der Waals surface area contributed by atoms with Gasteiger partial charge in [-0.3, -0.25) is 4.90 Å². The normalized spacial score (nSPS) is 27.5. The van der Waals surface area contributed by atoms with Crippen molar-refractivity contribution in [2.45, 2.75) is 6.04 Å². The third-order valence-electron chi connectivity index (χ3n) is 2.94. The van der Waals surface area contributed by atoms with Crippen LogP contribution in [0.3, 0.4) is 0 Å². The minimum atomic E-state index is 0.738. The Morgan fingerprint density at radius 3 is 2.31 bits per heavy atom. The summed E-state index contributed by atoms with van der Waals surface area (Å²) in [6.45, 7) is 8.17. The van der Waals surface area contributed by atoms with Gasteiger partial charge in [-0.1, -0.05) is 22.6 Å². The summed E-state index contributed by atoms with van der Waals surface area (Å²) in [6, 6.07) is 0.738. The Labute approximate surface area is 93.5 Å². The third-order valence-corrected chi connectivity index (χ3v) is 3.43. The Bertz CT molecular complexity index is 156. The lowest BCUT2D eigenvalue weighted by Crippen LogP contribution is -2.56. The van der Waals surface area contributed by atoms with Gasteiger partial charge in [0.15, 0.2) is 0 Å². The van der Waals surface area contributed by atoms with E-state index < -0.39 is 0 Å². The van der Waals surface area contributed by atoms with Crippen molar-refractivity contribution in [1.82, 2.24) is 9.80 Å². The van der Waals surface area contributed by atoms with E-state index in [0.717, 1.165) is 19.3 Å². The zero-order valence-electron chi connectivity index (χ0n) is 7.91. The first-order chi connectivity index (χ1) is 6.40. The van der Waals surface area contributed by atoms with E-state index in [4.69, 9.17) is 4.74 Å². The fourth-order valence-corrected chi connectivity index (χ4v) is 2.59. The Balaban J connectivity index is 1.69. The second-order valence-corrected chi connectivity index (χ2v) is 4.84. The molecule has 2 rings (SSSR count). The molecule has 0 N–H and O–H groups in total. The molecule has 0 aromatic carbocycles. The van der Waals surface area contributed by atoms with Crippen molar-refractivity contribution in [3.05, 3.63) is 0 Å². The maximum absolute atomic E-state index is 5.21. The van der Waals surface area contributed by atoms with Gasteiger partial charge in [0.2, 0.25) is 0 Å². The van der Waals surface area contributed by atoms with Crippen LogP contribution in [0.5, 0.6) is 0 Å². The van der Waals surface area contributed by atoms with Crippen LogP contribution in [0.15, 0.2) is 0 Å². The molecule has 0 unspecified atom stereocenters. The molecule has 0 amide bonds. The molecule has 2 aliphatic heterocycles. The molecule has 76 valence electrons. The fraction of sp³-hybridized carbons (Fsp3) is 1.00. The van der Waals surface area contributed by atoms with E-state index in [1.165, 1.54) is 37.2 Å². The van der Waals surface area contributed by atoms with Gasteiger partial charge in [0.25, 0.3) is 0 Å². The maximum Gasteiger partial charge on any atom is 0.0645 e. The molecule has 2 fully saturated rings. The van der Waals surface area contributed by atoms with Crippen LogP contribution in [-0.2, 0) is 4.74 Å². The number of ether oxygens (including phenoxy) is 1. The number of piperazine rings is 1. The molecule has 3 nitrogen and oxygen atoms in total. The Morgan fingerprint density at radius 1 is 1.15 bits per heavy atom. The number of hydrogen-bond acceptors (Lipinski definition) is 3. The van der Waals surface area contributed by atoms with Crippen molar-refractivity contribution in [1.29, 1.82) is 0 Å². The third kappa shape index (κ3) is 2.55. The van der Waals surface area contributed by atoms with Gasteiger partial charge in [-0.25, -0.2) is 0 Å². The first-order valence-corrected chi connectivity index (χ1v) is 6.53. The minimum Gasteiger partial charge on any atom is -0.378 e. The van der Waals surface area contributed by atoms with Crippen LogP contribution in [0, 0.1) is 0 Å². The molecule has 0 atom stereocenters. The second kappa shape index (κ2) is 4.91. The van der Waals surface area contributed by atoms with Crippen LogP contribution in [0.2, 0.25) is 0 Å². The van der Waals surface area contributed by atoms with Gasteiger partial charge >= 0.3 is 0 Å². The second-order valence-electron chi connectivity index (χ2n) is 3.76. The first kappa shape index (κ1) is 10.1. The smallest absolute Gasteiger partial charge is 0.0645 e. The Morgan fingerprint density at radius 2 is 1.85 bits per heavy atom. The highest BCUT2D eigenvalue weighted by atomic mass is 127. The minimum absolute atomic E-state index is 0.738. The molecule has 0 aromatic heterocycles. The summed E-state index contributed by atoms with van der Waals surface area (Å²) < 4.78 is 6.46. The predicted octanol–water partition coefficient (Wildman–Crippen LogP) is 0.438. The number of nitrogens with zero attached hydrogens (tertiary/aromatic N) is 2. The molecule has 0 bridgehead atoms. The van der Waals surface area contributed by atoms with Gasteiger partial charge in [0.1, 0.15) is 0 Å². The van der Waals surface area contributed by atoms with Crippen LogP contribution in [0.4, 0.5) is 0 Å². The Kier molecular flexibility index (Phi) is 3.83. The summed E-state index contributed by atoms with van der Waals surface area (Å²) >= 11 is 2.45. The molecular formula is C9H17IN2O. The fourth-order valence-electron chi connectivity index (χ4n) is 1.91. The first-order valence-electron chi connectivity index (χ1n) is 5.00. The van der Waals surface area contributed by atoms with E-state index in [9.17, 15) is 0 Å². The van der Waals surface area contributed by atoms with Crippen LogP contribution >= 0.6 is 22.6 Å². The van der Waals surface area contributed by atoms with Crippen molar-refractivity contribution in [3.8, 4) is 0 Å². The number of alkyl halides is 1. The van der Waals surface area contributed by atoms with Crippen molar-refractivity contribution in [3.63, 3.8) is 0 Å². The maximum atomic E-state index is 5.21. The Hall–Kier alpha value is 0.610. The highest BCUT2D eigenvalue weighted by Gasteiger charge is 2.28. The van der Waals surface area contributed by atoms with Gasteiger partial charge in [0, 0.05) is 37.2 Å². The number of hydrogen-bond donors (Lipinski definition) is 0. The summed E-state index contributed by atoms with van der Waals surface area (Å²) in [5, 5.41) is 0. The molecular weight excluding hydrogens is 279 g/mol. The van der Waals surface area contributed by atoms with Crippen molar-refractivity contribution < 1.29 is 4.74 Å². The molecule has 4 heteroatoms. The van der Waals surface area contributed by atoms with Crippen molar-refractivity contribution in [2.24, 2.45) is 0 Å². The number of halogens is 1. The average Bonchev–Trinajstić information content (AvgIpc) is 2.06. The lowest BCUT2D eigenvalue weighted by Gasteiger charge is -2.42. The standard InChI is InChI=1S/C9H17IN2O/c10-1-2-11-3-5-12(6-4-11)9-7-13-8-9/h9H,1-8H2. The monoisotopic (exact) mass is 296 g/mol. The molecule has 0 saturated carbocycles. The van der Waals surface area contributed by atoms with E-state index >= 15 is 0 Å². The number of rotatable bonds is 3. The van der Waals surface area contributed by atoms with Gasteiger partial charge in [0.05, 0.1) is 19.3 Å². The van der Waals surface area contributed by atoms with Crippen LogP contribution in [0.1, 0.15) is 0 Å². The van der Waals surface area contributed by atoms with Crippen molar-refractivity contribution >= 4 is 22.6 Å². The zero-order chi connectivity index (χ0) is 9.10. The molecule has 2 saturated heterocycles. The van der Waals surface area contributed by atoms with Gasteiger partial charge in [-0.05, 0) is 0 Å².